The Morgan fingerprint density at radius 1 is 1.28 bits per heavy atom. The van der Waals surface area contributed by atoms with Crippen molar-refractivity contribution in [2.24, 2.45) is 5.92 Å². The molecule has 5 nitrogen and oxygen atoms in total. The number of aromatic nitrogens is 2. The van der Waals surface area contributed by atoms with E-state index in [1.807, 2.05) is 38.1 Å². The summed E-state index contributed by atoms with van der Waals surface area (Å²) in [6.07, 6.45) is 1.43. The number of carboxylic acid groups (broad SMARTS) is 1. The molecule has 5 heteroatoms. The highest BCUT2D eigenvalue weighted by Gasteiger charge is 2.22. The Morgan fingerprint density at radius 3 is 2.67 bits per heavy atom. The lowest BCUT2D eigenvalue weighted by molar-refractivity contribution is -0.138. The maximum atomic E-state index is 11.2. The number of aliphatic carboxylic acids is 1. The van der Waals surface area contributed by atoms with Gasteiger partial charge in [-0.05, 0) is 18.1 Å². The Bertz CT molecular complexity index is 564. The smallest absolute Gasteiger partial charge is 0.326 e. The van der Waals surface area contributed by atoms with Gasteiger partial charge in [0.1, 0.15) is 18.2 Å². The molecule has 1 heterocycles. The average Bonchev–Trinajstić information content (AvgIpc) is 2.35. The number of para-hydroxylation sites is 1. The molecule has 1 unspecified atom stereocenters. The first-order valence-electron chi connectivity index (χ1n) is 5.78. The molecule has 0 saturated heterocycles. The lowest BCUT2D eigenvalue weighted by atomic mass is 10.0. The molecule has 2 N–H and O–H groups in total. The van der Waals surface area contributed by atoms with Gasteiger partial charge in [-0.3, -0.25) is 0 Å². The number of nitrogens with zero attached hydrogens (tertiary/aromatic N) is 2. The summed E-state index contributed by atoms with van der Waals surface area (Å²) in [4.78, 5) is 19.4. The number of carbonyl (C=O) groups is 1. The van der Waals surface area contributed by atoms with Crippen LogP contribution in [0.2, 0.25) is 0 Å². The van der Waals surface area contributed by atoms with Crippen LogP contribution in [0.1, 0.15) is 13.8 Å². The zero-order chi connectivity index (χ0) is 13.1. The highest BCUT2D eigenvalue weighted by atomic mass is 16.4. The Labute approximate surface area is 105 Å². The molecule has 1 aromatic heterocycles. The van der Waals surface area contributed by atoms with Gasteiger partial charge in [-0.1, -0.05) is 26.0 Å². The third kappa shape index (κ3) is 2.40. The third-order valence-electron chi connectivity index (χ3n) is 2.77. The van der Waals surface area contributed by atoms with E-state index in [9.17, 15) is 9.90 Å². The monoisotopic (exact) mass is 245 g/mol. The number of fused-ring (bicyclic) bond motifs is 1. The first-order chi connectivity index (χ1) is 8.59. The van der Waals surface area contributed by atoms with Crippen LogP contribution in [0.15, 0.2) is 30.6 Å². The number of carboxylic acids is 1. The zero-order valence-corrected chi connectivity index (χ0v) is 10.3. The second-order valence-corrected chi connectivity index (χ2v) is 4.44. The maximum absolute atomic E-state index is 11.2. The second kappa shape index (κ2) is 5.00. The van der Waals surface area contributed by atoms with Crippen LogP contribution in [0, 0.1) is 5.92 Å². The minimum Gasteiger partial charge on any atom is -0.480 e. The minimum absolute atomic E-state index is 0.0313. The zero-order valence-electron chi connectivity index (χ0n) is 10.3. The number of hydrogen-bond acceptors (Lipinski definition) is 4. The molecule has 1 atom stereocenters. The van der Waals surface area contributed by atoms with E-state index in [0.29, 0.717) is 5.82 Å². The molecule has 94 valence electrons. The van der Waals surface area contributed by atoms with Crippen molar-refractivity contribution in [3.8, 4) is 0 Å². The maximum Gasteiger partial charge on any atom is 0.326 e. The summed E-state index contributed by atoms with van der Waals surface area (Å²) in [5.74, 6) is -0.356. The molecule has 0 radical (unpaired) electrons. The van der Waals surface area contributed by atoms with E-state index in [1.165, 1.54) is 6.33 Å². The Kier molecular flexibility index (Phi) is 3.41. The summed E-state index contributed by atoms with van der Waals surface area (Å²) < 4.78 is 0. The molecule has 0 bridgehead atoms. The number of rotatable bonds is 4. The van der Waals surface area contributed by atoms with Gasteiger partial charge < -0.3 is 10.4 Å². The van der Waals surface area contributed by atoms with Crippen molar-refractivity contribution < 1.29 is 9.90 Å². The fourth-order valence-electron chi connectivity index (χ4n) is 1.78. The molecule has 0 saturated carbocycles. The van der Waals surface area contributed by atoms with Crippen molar-refractivity contribution in [1.29, 1.82) is 0 Å². The summed E-state index contributed by atoms with van der Waals surface area (Å²) in [6, 6.07) is 6.84. The van der Waals surface area contributed by atoms with Gasteiger partial charge in [0.05, 0.1) is 5.52 Å². The summed E-state index contributed by atoms with van der Waals surface area (Å²) in [6.45, 7) is 3.71. The van der Waals surface area contributed by atoms with Crippen molar-refractivity contribution in [2.45, 2.75) is 19.9 Å². The third-order valence-corrected chi connectivity index (χ3v) is 2.77. The molecule has 18 heavy (non-hydrogen) atoms. The van der Waals surface area contributed by atoms with Crippen molar-refractivity contribution in [2.75, 3.05) is 5.32 Å². The molecule has 0 aliphatic heterocycles. The molecule has 1 aromatic carbocycles. The van der Waals surface area contributed by atoms with E-state index < -0.39 is 12.0 Å². The Hall–Kier alpha value is -2.17. The van der Waals surface area contributed by atoms with Crippen molar-refractivity contribution >= 4 is 22.7 Å². The molecular formula is C13H15N3O2. The normalized spacial score (nSPS) is 12.6. The average molecular weight is 245 g/mol. The van der Waals surface area contributed by atoms with Crippen LogP contribution < -0.4 is 5.32 Å². The SMILES string of the molecule is CC(C)C(Nc1ncnc2ccccc12)C(=O)O. The largest absolute Gasteiger partial charge is 0.480 e. The van der Waals surface area contributed by atoms with Gasteiger partial charge >= 0.3 is 5.97 Å². The van der Waals surface area contributed by atoms with Crippen molar-refractivity contribution in [1.82, 2.24) is 9.97 Å². The number of anilines is 1. The van der Waals surface area contributed by atoms with Crippen LogP contribution in [0.4, 0.5) is 5.82 Å². The standard InChI is InChI=1S/C13H15N3O2/c1-8(2)11(13(17)18)16-12-9-5-3-4-6-10(9)14-7-15-12/h3-8,11H,1-2H3,(H,17,18)(H,14,15,16). The van der Waals surface area contributed by atoms with Crippen LogP contribution in [-0.4, -0.2) is 27.1 Å². The first-order valence-corrected chi connectivity index (χ1v) is 5.78. The van der Waals surface area contributed by atoms with Crippen molar-refractivity contribution in [3.05, 3.63) is 30.6 Å². The predicted molar refractivity (Wildman–Crippen MR) is 69.4 cm³/mol. The highest BCUT2D eigenvalue weighted by Crippen LogP contribution is 2.20. The number of benzene rings is 1. The van der Waals surface area contributed by atoms with Gasteiger partial charge in [-0.15, -0.1) is 0 Å². The quantitative estimate of drug-likeness (QED) is 0.863. The van der Waals surface area contributed by atoms with Crippen LogP contribution in [-0.2, 0) is 4.79 Å². The van der Waals surface area contributed by atoms with E-state index >= 15 is 0 Å². The van der Waals surface area contributed by atoms with Crippen LogP contribution >= 0.6 is 0 Å². The molecule has 0 spiro atoms. The number of nitrogens with one attached hydrogen (secondary N) is 1. The van der Waals surface area contributed by atoms with E-state index in [0.717, 1.165) is 10.9 Å². The van der Waals surface area contributed by atoms with Crippen LogP contribution in [0.3, 0.4) is 0 Å². The molecule has 0 fully saturated rings. The Balaban J connectivity index is 2.39. The van der Waals surface area contributed by atoms with Gasteiger partial charge in [-0.25, -0.2) is 14.8 Å². The summed E-state index contributed by atoms with van der Waals surface area (Å²) in [5, 5.41) is 13.0. The van der Waals surface area contributed by atoms with Gasteiger partial charge in [0.15, 0.2) is 0 Å². The van der Waals surface area contributed by atoms with Gasteiger partial charge in [0.25, 0.3) is 0 Å². The van der Waals surface area contributed by atoms with Gasteiger partial charge in [0.2, 0.25) is 0 Å². The van der Waals surface area contributed by atoms with Crippen LogP contribution in [0.5, 0.6) is 0 Å². The van der Waals surface area contributed by atoms with E-state index in [4.69, 9.17) is 0 Å². The number of hydrogen-bond donors (Lipinski definition) is 2. The first kappa shape index (κ1) is 12.3. The second-order valence-electron chi connectivity index (χ2n) is 4.44. The van der Waals surface area contributed by atoms with E-state index in [2.05, 4.69) is 15.3 Å². The van der Waals surface area contributed by atoms with E-state index in [1.54, 1.807) is 0 Å². The molecule has 2 aromatic rings. The fraction of sp³-hybridized carbons (Fsp3) is 0.308. The van der Waals surface area contributed by atoms with Crippen LogP contribution in [0.25, 0.3) is 10.9 Å². The Morgan fingerprint density at radius 2 is 2.00 bits per heavy atom. The highest BCUT2D eigenvalue weighted by molar-refractivity contribution is 5.90. The van der Waals surface area contributed by atoms with E-state index in [-0.39, 0.29) is 5.92 Å². The van der Waals surface area contributed by atoms with Crippen molar-refractivity contribution in [3.63, 3.8) is 0 Å². The summed E-state index contributed by atoms with van der Waals surface area (Å²) in [7, 11) is 0. The summed E-state index contributed by atoms with van der Waals surface area (Å²) in [5.41, 5.74) is 0.794. The molecule has 2 rings (SSSR count). The predicted octanol–water partition coefficient (Wildman–Crippen LogP) is 2.15. The lowest BCUT2D eigenvalue weighted by Crippen LogP contribution is -2.34. The van der Waals surface area contributed by atoms with Gasteiger partial charge in [0, 0.05) is 5.39 Å². The molecular weight excluding hydrogens is 230 g/mol. The lowest BCUT2D eigenvalue weighted by Gasteiger charge is -2.19. The molecule has 0 aliphatic rings. The fourth-order valence-corrected chi connectivity index (χ4v) is 1.78. The molecule has 0 amide bonds. The van der Waals surface area contributed by atoms with Gasteiger partial charge in [-0.2, -0.15) is 0 Å². The molecule has 0 aliphatic carbocycles. The minimum atomic E-state index is -0.882. The topological polar surface area (TPSA) is 75.1 Å². The summed E-state index contributed by atoms with van der Waals surface area (Å²) >= 11 is 0.